The van der Waals surface area contributed by atoms with Crippen LogP contribution in [-0.4, -0.2) is 13.2 Å². The molecule has 0 heterocycles. The molecule has 0 aliphatic carbocycles. The van der Waals surface area contributed by atoms with Crippen molar-refractivity contribution in [3.8, 4) is 5.75 Å². The van der Waals surface area contributed by atoms with E-state index in [1.165, 1.54) is 24.3 Å². The van der Waals surface area contributed by atoms with Gasteiger partial charge >= 0.3 is 6.18 Å². The van der Waals surface area contributed by atoms with Crippen LogP contribution in [0.1, 0.15) is 5.56 Å². The summed E-state index contributed by atoms with van der Waals surface area (Å²) < 4.78 is 55.7. The summed E-state index contributed by atoms with van der Waals surface area (Å²) in [7, 11) is 0. The van der Waals surface area contributed by atoms with Crippen LogP contribution in [-0.2, 0) is 6.18 Å². The van der Waals surface area contributed by atoms with Gasteiger partial charge in [0, 0.05) is 12.2 Å². The predicted molar refractivity (Wildman–Crippen MR) is 71.8 cm³/mol. The largest absolute Gasteiger partial charge is 0.492 e. The molecule has 6 heteroatoms. The van der Waals surface area contributed by atoms with E-state index in [-0.39, 0.29) is 18.2 Å². The van der Waals surface area contributed by atoms with Crippen molar-refractivity contribution in [1.29, 1.82) is 0 Å². The molecule has 0 amide bonds. The second kappa shape index (κ2) is 6.47. The van der Waals surface area contributed by atoms with E-state index in [1.54, 1.807) is 12.1 Å². The fourth-order valence-electron chi connectivity index (χ4n) is 1.72. The second-order valence-electron chi connectivity index (χ2n) is 4.31. The number of hydrogen-bond donors (Lipinski definition) is 1. The standard InChI is InChI=1S/C15H13F4NO/c16-12-4-2-5-13(10-12)20-7-8-21-14-6-1-3-11(9-14)15(17,18)19/h1-6,9-10,20H,7-8H2. The lowest BCUT2D eigenvalue weighted by Crippen LogP contribution is -2.12. The molecule has 2 aromatic carbocycles. The van der Waals surface area contributed by atoms with Crippen LogP contribution in [0.5, 0.6) is 5.75 Å². The average molecular weight is 299 g/mol. The van der Waals surface area contributed by atoms with Crippen LogP contribution in [0.15, 0.2) is 48.5 Å². The lowest BCUT2D eigenvalue weighted by Gasteiger charge is -2.11. The lowest BCUT2D eigenvalue weighted by atomic mass is 10.2. The highest BCUT2D eigenvalue weighted by atomic mass is 19.4. The zero-order valence-electron chi connectivity index (χ0n) is 11.0. The molecule has 2 aromatic rings. The molecule has 0 aliphatic rings. The van der Waals surface area contributed by atoms with Crippen molar-refractivity contribution >= 4 is 5.69 Å². The summed E-state index contributed by atoms with van der Waals surface area (Å²) >= 11 is 0. The molecule has 0 radical (unpaired) electrons. The molecule has 1 N–H and O–H groups in total. The Hall–Kier alpha value is -2.24. The minimum Gasteiger partial charge on any atom is -0.492 e. The second-order valence-corrected chi connectivity index (χ2v) is 4.31. The fourth-order valence-corrected chi connectivity index (χ4v) is 1.72. The molecule has 0 spiro atoms. The molecule has 0 atom stereocenters. The summed E-state index contributed by atoms with van der Waals surface area (Å²) in [6.07, 6.45) is -4.39. The van der Waals surface area contributed by atoms with Gasteiger partial charge in [0.15, 0.2) is 0 Å². The van der Waals surface area contributed by atoms with E-state index in [0.717, 1.165) is 12.1 Å². The Morgan fingerprint density at radius 3 is 2.48 bits per heavy atom. The first-order valence-corrected chi connectivity index (χ1v) is 6.25. The van der Waals surface area contributed by atoms with Gasteiger partial charge in [-0.1, -0.05) is 12.1 Å². The number of ether oxygens (including phenoxy) is 1. The summed E-state index contributed by atoms with van der Waals surface area (Å²) in [5.74, 6) is -0.218. The van der Waals surface area contributed by atoms with Crippen molar-refractivity contribution in [2.24, 2.45) is 0 Å². The van der Waals surface area contributed by atoms with Crippen LogP contribution in [0, 0.1) is 5.82 Å². The van der Waals surface area contributed by atoms with Crippen molar-refractivity contribution in [2.75, 3.05) is 18.5 Å². The average Bonchev–Trinajstić information content (AvgIpc) is 2.43. The van der Waals surface area contributed by atoms with Crippen LogP contribution >= 0.6 is 0 Å². The molecule has 0 bridgehead atoms. The normalized spacial score (nSPS) is 11.2. The predicted octanol–water partition coefficient (Wildman–Crippen LogP) is 4.34. The molecule has 112 valence electrons. The van der Waals surface area contributed by atoms with Crippen molar-refractivity contribution < 1.29 is 22.3 Å². The molecule has 0 unspecified atom stereocenters. The zero-order chi connectivity index (χ0) is 15.3. The van der Waals surface area contributed by atoms with Gasteiger partial charge in [0.1, 0.15) is 18.2 Å². The Bertz CT molecular complexity index is 598. The molecule has 21 heavy (non-hydrogen) atoms. The van der Waals surface area contributed by atoms with Gasteiger partial charge in [0.2, 0.25) is 0 Å². The molecule has 0 aromatic heterocycles. The molecule has 2 rings (SSSR count). The van der Waals surface area contributed by atoms with E-state index < -0.39 is 11.7 Å². The highest BCUT2D eigenvalue weighted by molar-refractivity contribution is 5.42. The molecule has 2 nitrogen and oxygen atoms in total. The number of benzene rings is 2. The minimum absolute atomic E-state index is 0.144. The van der Waals surface area contributed by atoms with E-state index in [0.29, 0.717) is 12.2 Å². The highest BCUT2D eigenvalue weighted by Gasteiger charge is 2.30. The Morgan fingerprint density at radius 2 is 1.76 bits per heavy atom. The van der Waals surface area contributed by atoms with Gasteiger partial charge in [0.25, 0.3) is 0 Å². The van der Waals surface area contributed by atoms with Gasteiger partial charge < -0.3 is 10.1 Å². The summed E-state index contributed by atoms with van der Waals surface area (Å²) in [6, 6.07) is 10.6. The van der Waals surface area contributed by atoms with Crippen LogP contribution in [0.2, 0.25) is 0 Å². The Balaban J connectivity index is 1.84. The van der Waals surface area contributed by atoms with Gasteiger partial charge in [-0.15, -0.1) is 0 Å². The van der Waals surface area contributed by atoms with Crippen molar-refractivity contribution in [1.82, 2.24) is 0 Å². The zero-order valence-corrected chi connectivity index (χ0v) is 11.0. The first-order valence-electron chi connectivity index (χ1n) is 6.25. The van der Waals surface area contributed by atoms with Gasteiger partial charge in [0.05, 0.1) is 5.56 Å². The Labute approximate surface area is 119 Å². The Kier molecular flexibility index (Phi) is 4.67. The third-order valence-corrected chi connectivity index (χ3v) is 2.69. The molecule has 0 aliphatic heterocycles. The van der Waals surface area contributed by atoms with E-state index >= 15 is 0 Å². The van der Waals surface area contributed by atoms with E-state index in [4.69, 9.17) is 4.74 Å². The number of anilines is 1. The summed E-state index contributed by atoms with van der Waals surface area (Å²) in [4.78, 5) is 0. The van der Waals surface area contributed by atoms with E-state index in [1.807, 2.05) is 0 Å². The molecular weight excluding hydrogens is 286 g/mol. The monoisotopic (exact) mass is 299 g/mol. The maximum atomic E-state index is 12.9. The topological polar surface area (TPSA) is 21.3 Å². The number of hydrogen-bond acceptors (Lipinski definition) is 2. The first kappa shape index (κ1) is 15.2. The summed E-state index contributed by atoms with van der Waals surface area (Å²) in [5, 5.41) is 2.91. The number of halogens is 4. The van der Waals surface area contributed by atoms with Gasteiger partial charge in [-0.25, -0.2) is 4.39 Å². The smallest absolute Gasteiger partial charge is 0.416 e. The SMILES string of the molecule is Fc1cccc(NCCOc2cccc(C(F)(F)F)c2)c1. The van der Waals surface area contributed by atoms with Gasteiger partial charge in [-0.05, 0) is 36.4 Å². The molecular formula is C15H13F4NO. The highest BCUT2D eigenvalue weighted by Crippen LogP contribution is 2.31. The van der Waals surface area contributed by atoms with Crippen molar-refractivity contribution in [2.45, 2.75) is 6.18 Å². The summed E-state index contributed by atoms with van der Waals surface area (Å²) in [6.45, 7) is 0.511. The van der Waals surface area contributed by atoms with Crippen molar-refractivity contribution in [3.63, 3.8) is 0 Å². The van der Waals surface area contributed by atoms with Crippen molar-refractivity contribution in [3.05, 3.63) is 59.9 Å². The van der Waals surface area contributed by atoms with Crippen LogP contribution in [0.25, 0.3) is 0 Å². The number of alkyl halides is 3. The number of nitrogens with one attached hydrogen (secondary N) is 1. The maximum Gasteiger partial charge on any atom is 0.416 e. The first-order chi connectivity index (χ1) is 9.95. The number of rotatable bonds is 5. The van der Waals surface area contributed by atoms with E-state index in [2.05, 4.69) is 5.32 Å². The molecule has 0 saturated carbocycles. The summed E-state index contributed by atoms with van der Waals surface area (Å²) in [5.41, 5.74) is -0.166. The van der Waals surface area contributed by atoms with Gasteiger partial charge in [-0.2, -0.15) is 13.2 Å². The lowest BCUT2D eigenvalue weighted by molar-refractivity contribution is -0.137. The van der Waals surface area contributed by atoms with Crippen LogP contribution in [0.3, 0.4) is 0 Å². The fraction of sp³-hybridized carbons (Fsp3) is 0.200. The Morgan fingerprint density at radius 1 is 1.00 bits per heavy atom. The third-order valence-electron chi connectivity index (χ3n) is 2.69. The van der Waals surface area contributed by atoms with E-state index in [9.17, 15) is 17.6 Å². The van der Waals surface area contributed by atoms with Crippen LogP contribution < -0.4 is 10.1 Å². The van der Waals surface area contributed by atoms with Crippen LogP contribution in [0.4, 0.5) is 23.2 Å². The molecule has 0 fully saturated rings. The molecule has 0 saturated heterocycles. The third kappa shape index (κ3) is 4.66. The van der Waals surface area contributed by atoms with Gasteiger partial charge in [-0.3, -0.25) is 0 Å². The minimum atomic E-state index is -4.39. The quantitative estimate of drug-likeness (QED) is 0.655. The maximum absolute atomic E-state index is 12.9.